The Morgan fingerprint density at radius 2 is 1.90 bits per heavy atom. The second-order valence-electron chi connectivity index (χ2n) is 7.03. The Morgan fingerprint density at radius 1 is 1.16 bits per heavy atom. The lowest BCUT2D eigenvalue weighted by atomic mass is 10.1. The van der Waals surface area contributed by atoms with Gasteiger partial charge in [-0.2, -0.15) is 0 Å². The molecule has 0 atom stereocenters. The predicted molar refractivity (Wildman–Crippen MR) is 115 cm³/mol. The Morgan fingerprint density at radius 3 is 2.55 bits per heavy atom. The Labute approximate surface area is 181 Å². The topological polar surface area (TPSA) is 106 Å². The molecule has 31 heavy (non-hydrogen) atoms. The van der Waals surface area contributed by atoms with E-state index in [9.17, 15) is 19.7 Å². The van der Waals surface area contributed by atoms with Crippen LogP contribution in [-0.4, -0.2) is 49.0 Å². The molecule has 9 nitrogen and oxygen atoms in total. The van der Waals surface area contributed by atoms with E-state index in [1.807, 2.05) is 18.2 Å². The minimum Gasteiger partial charge on any atom is -0.493 e. The highest BCUT2D eigenvalue weighted by Gasteiger charge is 2.26. The first-order valence-corrected chi connectivity index (χ1v) is 9.85. The maximum Gasteiger partial charge on any atom is 0.349 e. The number of non-ortho nitro benzene ring substituents is 1. The number of fused-ring (bicyclic) bond motifs is 1. The number of piperazine rings is 1. The molecule has 10 heteroatoms. The van der Waals surface area contributed by atoms with E-state index in [1.165, 1.54) is 25.3 Å². The fourth-order valence-electron chi connectivity index (χ4n) is 3.60. The van der Waals surface area contributed by atoms with Crippen molar-refractivity contribution in [1.82, 2.24) is 4.90 Å². The van der Waals surface area contributed by atoms with Crippen molar-refractivity contribution in [2.24, 2.45) is 0 Å². The van der Waals surface area contributed by atoms with Gasteiger partial charge >= 0.3 is 5.63 Å². The summed E-state index contributed by atoms with van der Waals surface area (Å²) in [4.78, 5) is 39.8. The van der Waals surface area contributed by atoms with Crippen molar-refractivity contribution in [2.45, 2.75) is 0 Å². The second-order valence-corrected chi connectivity index (χ2v) is 7.47. The lowest BCUT2D eigenvalue weighted by Crippen LogP contribution is -2.49. The molecule has 0 N–H and O–H groups in total. The fourth-order valence-corrected chi connectivity index (χ4v) is 3.79. The van der Waals surface area contributed by atoms with Gasteiger partial charge in [-0.25, -0.2) is 4.79 Å². The highest BCUT2D eigenvalue weighted by Crippen LogP contribution is 2.31. The summed E-state index contributed by atoms with van der Waals surface area (Å²) in [5.41, 5.74) is -0.204. The Kier molecular flexibility index (Phi) is 5.51. The smallest absolute Gasteiger partial charge is 0.349 e. The van der Waals surface area contributed by atoms with Gasteiger partial charge in [-0.1, -0.05) is 17.7 Å². The van der Waals surface area contributed by atoms with Gasteiger partial charge in [-0.3, -0.25) is 14.9 Å². The summed E-state index contributed by atoms with van der Waals surface area (Å²) >= 11 is 6.05. The van der Waals surface area contributed by atoms with Gasteiger partial charge in [0.25, 0.3) is 11.6 Å². The van der Waals surface area contributed by atoms with Gasteiger partial charge in [0.2, 0.25) is 0 Å². The number of carbonyl (C=O) groups excluding carboxylic acids is 1. The van der Waals surface area contributed by atoms with Crippen LogP contribution in [0.1, 0.15) is 10.4 Å². The lowest BCUT2D eigenvalue weighted by molar-refractivity contribution is -0.384. The minimum atomic E-state index is -0.818. The molecule has 0 saturated carbocycles. The van der Waals surface area contributed by atoms with Crippen LogP contribution in [0.15, 0.2) is 51.7 Å². The van der Waals surface area contributed by atoms with Crippen molar-refractivity contribution < 1.29 is 18.9 Å². The van der Waals surface area contributed by atoms with Crippen LogP contribution in [0.3, 0.4) is 0 Å². The van der Waals surface area contributed by atoms with E-state index < -0.39 is 16.5 Å². The number of nitro benzene ring substituents is 1. The summed E-state index contributed by atoms with van der Waals surface area (Å²) in [5.74, 6) is -0.428. The molecular weight excluding hydrogens is 426 g/mol. The van der Waals surface area contributed by atoms with Crippen LogP contribution < -0.4 is 15.3 Å². The first-order valence-electron chi connectivity index (χ1n) is 9.47. The van der Waals surface area contributed by atoms with Crippen LogP contribution in [0.5, 0.6) is 5.75 Å². The second kappa shape index (κ2) is 8.27. The van der Waals surface area contributed by atoms with Gasteiger partial charge in [-0.05, 0) is 24.3 Å². The van der Waals surface area contributed by atoms with E-state index in [-0.39, 0.29) is 28.0 Å². The van der Waals surface area contributed by atoms with E-state index in [1.54, 1.807) is 11.0 Å². The summed E-state index contributed by atoms with van der Waals surface area (Å²) in [6, 6.07) is 11.2. The molecule has 0 bridgehead atoms. The van der Waals surface area contributed by atoms with Gasteiger partial charge < -0.3 is 19.0 Å². The maximum atomic E-state index is 13.0. The number of hydrogen-bond acceptors (Lipinski definition) is 7. The summed E-state index contributed by atoms with van der Waals surface area (Å²) < 4.78 is 10.4. The van der Waals surface area contributed by atoms with Crippen LogP contribution in [0.4, 0.5) is 11.4 Å². The number of benzene rings is 2. The number of halogens is 1. The van der Waals surface area contributed by atoms with Crippen LogP contribution >= 0.6 is 11.6 Å². The summed E-state index contributed by atoms with van der Waals surface area (Å²) in [6.07, 6.45) is 0. The Balaban J connectivity index is 1.60. The van der Waals surface area contributed by atoms with Crippen molar-refractivity contribution in [3.8, 4) is 5.75 Å². The first kappa shape index (κ1) is 20.7. The number of anilines is 1. The van der Waals surface area contributed by atoms with E-state index >= 15 is 0 Å². The molecule has 1 aromatic heterocycles. The quantitative estimate of drug-likeness (QED) is 0.346. The van der Waals surface area contributed by atoms with Gasteiger partial charge in [0, 0.05) is 48.3 Å². The van der Waals surface area contributed by atoms with Crippen LogP contribution in [-0.2, 0) is 0 Å². The third-order valence-corrected chi connectivity index (χ3v) is 5.42. The Hall–Kier alpha value is -3.59. The molecule has 1 saturated heterocycles. The number of carbonyl (C=O) groups is 1. The van der Waals surface area contributed by atoms with Gasteiger partial charge in [0.05, 0.1) is 18.1 Å². The highest BCUT2D eigenvalue weighted by molar-refractivity contribution is 6.30. The van der Waals surface area contributed by atoms with E-state index in [0.29, 0.717) is 31.2 Å². The number of rotatable bonds is 4. The SMILES string of the molecule is COc1cc([N+](=O)[O-])cc2cc(C(=O)N3CCN(c4cccc(Cl)c4)CC3)c(=O)oc12. The monoisotopic (exact) mass is 443 g/mol. The normalized spacial score (nSPS) is 14.0. The third-order valence-electron chi connectivity index (χ3n) is 5.18. The number of nitrogens with zero attached hydrogens (tertiary/aromatic N) is 3. The van der Waals surface area contributed by atoms with Crippen LogP contribution in [0.2, 0.25) is 5.02 Å². The molecule has 2 heterocycles. The summed E-state index contributed by atoms with van der Waals surface area (Å²) in [5, 5.41) is 12.1. The average molecular weight is 444 g/mol. The molecule has 1 aliphatic heterocycles. The standard InChI is InChI=1S/C21H18ClN3O6/c1-30-18-12-16(25(28)29)9-13-10-17(21(27)31-19(13)18)20(26)24-7-5-23(6-8-24)15-4-2-3-14(22)11-15/h2-4,9-12H,5-8H2,1H3. The van der Waals surface area contributed by atoms with Crippen molar-refractivity contribution in [1.29, 1.82) is 0 Å². The van der Waals surface area contributed by atoms with E-state index in [0.717, 1.165) is 5.69 Å². The summed E-state index contributed by atoms with van der Waals surface area (Å²) in [7, 11) is 1.32. The molecule has 160 valence electrons. The number of nitro groups is 1. The molecule has 0 aliphatic carbocycles. The van der Waals surface area contributed by atoms with E-state index in [2.05, 4.69) is 4.90 Å². The molecule has 3 aromatic rings. The van der Waals surface area contributed by atoms with Crippen molar-refractivity contribution in [3.63, 3.8) is 0 Å². The maximum absolute atomic E-state index is 13.0. The van der Waals surface area contributed by atoms with Gasteiger partial charge in [0.1, 0.15) is 5.56 Å². The zero-order valence-corrected chi connectivity index (χ0v) is 17.3. The van der Waals surface area contributed by atoms with Crippen molar-refractivity contribution >= 4 is 39.9 Å². The zero-order valence-electron chi connectivity index (χ0n) is 16.5. The predicted octanol–water partition coefficient (Wildman–Crippen LogP) is 3.33. The third kappa shape index (κ3) is 4.04. The van der Waals surface area contributed by atoms with E-state index in [4.69, 9.17) is 20.8 Å². The van der Waals surface area contributed by atoms with Crippen LogP contribution in [0, 0.1) is 10.1 Å². The molecule has 4 rings (SSSR count). The molecule has 0 spiro atoms. The minimum absolute atomic E-state index is 0.0513. The molecule has 1 aliphatic rings. The fraction of sp³-hybridized carbons (Fsp3) is 0.238. The Bertz CT molecular complexity index is 1230. The molecule has 0 unspecified atom stereocenters. The summed E-state index contributed by atoms with van der Waals surface area (Å²) in [6.45, 7) is 1.96. The van der Waals surface area contributed by atoms with Crippen molar-refractivity contribution in [2.75, 3.05) is 38.2 Å². The highest BCUT2D eigenvalue weighted by atomic mass is 35.5. The number of ether oxygens (including phenoxy) is 1. The largest absolute Gasteiger partial charge is 0.493 e. The molecular formula is C21H18ClN3O6. The lowest BCUT2D eigenvalue weighted by Gasteiger charge is -2.36. The van der Waals surface area contributed by atoms with Crippen LogP contribution in [0.25, 0.3) is 11.0 Å². The average Bonchev–Trinajstić information content (AvgIpc) is 2.77. The molecule has 1 amide bonds. The number of hydrogen-bond donors (Lipinski definition) is 0. The molecule has 1 fully saturated rings. The number of amides is 1. The molecule has 2 aromatic carbocycles. The number of methoxy groups -OCH3 is 1. The first-order chi connectivity index (χ1) is 14.9. The zero-order chi connectivity index (χ0) is 22.1. The van der Waals surface area contributed by atoms with Gasteiger partial charge in [0.15, 0.2) is 11.3 Å². The van der Waals surface area contributed by atoms with Crippen molar-refractivity contribution in [3.05, 3.63) is 73.6 Å². The van der Waals surface area contributed by atoms with Gasteiger partial charge in [-0.15, -0.1) is 0 Å². The molecule has 0 radical (unpaired) electrons.